The zero-order valence-electron chi connectivity index (χ0n) is 11.0. The third kappa shape index (κ3) is 4.66. The summed E-state index contributed by atoms with van der Waals surface area (Å²) < 4.78 is 0. The predicted molar refractivity (Wildman–Crippen MR) is 69.8 cm³/mol. The molecule has 0 aromatic rings. The topological polar surface area (TPSA) is 41.1 Å². The smallest absolute Gasteiger partial charge is 0.234 e. The van der Waals surface area contributed by atoms with Crippen LogP contribution in [0.2, 0.25) is 0 Å². The number of carbonyl (C=O) groups excluding carboxylic acids is 1. The van der Waals surface area contributed by atoms with Crippen molar-refractivity contribution >= 4 is 5.91 Å². The van der Waals surface area contributed by atoms with Gasteiger partial charge >= 0.3 is 0 Å². The van der Waals surface area contributed by atoms with Crippen molar-refractivity contribution in [2.75, 3.05) is 13.1 Å². The molecule has 17 heavy (non-hydrogen) atoms. The lowest BCUT2D eigenvalue weighted by Crippen LogP contribution is -2.43. The fourth-order valence-corrected chi connectivity index (χ4v) is 2.68. The van der Waals surface area contributed by atoms with E-state index in [1.54, 1.807) is 0 Å². The van der Waals surface area contributed by atoms with Gasteiger partial charge in [0.15, 0.2) is 0 Å². The average molecular weight is 238 g/mol. The fourth-order valence-electron chi connectivity index (χ4n) is 2.68. The van der Waals surface area contributed by atoms with Crippen LogP contribution >= 0.6 is 0 Å². The lowest BCUT2D eigenvalue weighted by Gasteiger charge is -2.22. The Kier molecular flexibility index (Phi) is 4.84. The van der Waals surface area contributed by atoms with Gasteiger partial charge in [-0.3, -0.25) is 4.79 Å². The standard InChI is InChI=1S/C14H26N2O/c1-11-5-3-2-4-6-13(11)16-14(17)10-15-9-12-7-8-12/h11-13,15H,2-10H2,1H3,(H,16,17). The Labute approximate surface area is 105 Å². The van der Waals surface area contributed by atoms with Gasteiger partial charge in [-0.1, -0.05) is 26.2 Å². The first-order valence-electron chi connectivity index (χ1n) is 7.26. The molecule has 2 aliphatic carbocycles. The second kappa shape index (κ2) is 6.39. The number of amides is 1. The van der Waals surface area contributed by atoms with E-state index < -0.39 is 0 Å². The van der Waals surface area contributed by atoms with Crippen LogP contribution in [0.1, 0.15) is 51.9 Å². The zero-order valence-corrected chi connectivity index (χ0v) is 11.0. The van der Waals surface area contributed by atoms with E-state index in [1.165, 1.54) is 38.5 Å². The SMILES string of the molecule is CC1CCCCCC1NC(=O)CNCC1CC1. The molecule has 3 heteroatoms. The zero-order chi connectivity index (χ0) is 12.1. The molecule has 2 unspecified atom stereocenters. The van der Waals surface area contributed by atoms with Crippen molar-refractivity contribution < 1.29 is 4.79 Å². The third-order valence-corrected chi connectivity index (χ3v) is 4.12. The van der Waals surface area contributed by atoms with Gasteiger partial charge in [0, 0.05) is 6.04 Å². The Balaban J connectivity index is 1.64. The summed E-state index contributed by atoms with van der Waals surface area (Å²) in [5.74, 6) is 1.67. The first kappa shape index (κ1) is 12.9. The first-order valence-corrected chi connectivity index (χ1v) is 7.26. The molecule has 2 saturated carbocycles. The molecular weight excluding hydrogens is 212 g/mol. The van der Waals surface area contributed by atoms with Gasteiger partial charge in [-0.15, -0.1) is 0 Å². The van der Waals surface area contributed by atoms with Crippen LogP contribution in [0.25, 0.3) is 0 Å². The highest BCUT2D eigenvalue weighted by molar-refractivity contribution is 5.78. The molecule has 2 rings (SSSR count). The van der Waals surface area contributed by atoms with Crippen molar-refractivity contribution in [3.8, 4) is 0 Å². The van der Waals surface area contributed by atoms with Gasteiger partial charge in [0.25, 0.3) is 0 Å². The highest BCUT2D eigenvalue weighted by atomic mass is 16.1. The predicted octanol–water partition coefficient (Wildman–Crippen LogP) is 2.07. The second-order valence-corrected chi connectivity index (χ2v) is 5.86. The van der Waals surface area contributed by atoms with Crippen LogP contribution in [0, 0.1) is 11.8 Å². The van der Waals surface area contributed by atoms with Crippen LogP contribution in [0.15, 0.2) is 0 Å². The summed E-state index contributed by atoms with van der Waals surface area (Å²) in [4.78, 5) is 11.8. The van der Waals surface area contributed by atoms with Crippen LogP contribution in [-0.2, 0) is 4.79 Å². The van der Waals surface area contributed by atoms with E-state index in [1.807, 2.05) is 0 Å². The first-order chi connectivity index (χ1) is 8.25. The monoisotopic (exact) mass is 238 g/mol. The molecule has 0 aromatic heterocycles. The van der Waals surface area contributed by atoms with Crippen molar-refractivity contribution in [3.63, 3.8) is 0 Å². The molecule has 2 atom stereocenters. The third-order valence-electron chi connectivity index (χ3n) is 4.12. The van der Waals surface area contributed by atoms with Crippen LogP contribution in [-0.4, -0.2) is 25.0 Å². The van der Waals surface area contributed by atoms with E-state index in [0.717, 1.165) is 18.9 Å². The van der Waals surface area contributed by atoms with Gasteiger partial charge in [-0.25, -0.2) is 0 Å². The number of carbonyl (C=O) groups is 1. The summed E-state index contributed by atoms with van der Waals surface area (Å²) in [7, 11) is 0. The Bertz CT molecular complexity index is 251. The molecule has 2 N–H and O–H groups in total. The van der Waals surface area contributed by atoms with E-state index >= 15 is 0 Å². The lowest BCUT2D eigenvalue weighted by atomic mass is 9.97. The second-order valence-electron chi connectivity index (χ2n) is 5.86. The quantitative estimate of drug-likeness (QED) is 0.720. The molecule has 0 spiro atoms. The molecule has 0 aromatic carbocycles. The van der Waals surface area contributed by atoms with Crippen molar-refractivity contribution in [2.45, 2.75) is 57.9 Å². The summed E-state index contributed by atoms with van der Waals surface area (Å²) in [5.41, 5.74) is 0. The number of rotatable bonds is 5. The van der Waals surface area contributed by atoms with Gasteiger partial charge in [-0.2, -0.15) is 0 Å². The molecule has 0 aliphatic heterocycles. The van der Waals surface area contributed by atoms with Crippen molar-refractivity contribution in [3.05, 3.63) is 0 Å². The molecule has 2 aliphatic rings. The Morgan fingerprint density at radius 2 is 1.88 bits per heavy atom. The van der Waals surface area contributed by atoms with E-state index in [-0.39, 0.29) is 5.91 Å². The number of nitrogens with one attached hydrogen (secondary N) is 2. The minimum Gasteiger partial charge on any atom is -0.352 e. The minimum atomic E-state index is 0.185. The average Bonchev–Trinajstić information content (AvgIpc) is 3.10. The largest absolute Gasteiger partial charge is 0.352 e. The van der Waals surface area contributed by atoms with Gasteiger partial charge < -0.3 is 10.6 Å². The Morgan fingerprint density at radius 1 is 1.12 bits per heavy atom. The lowest BCUT2D eigenvalue weighted by molar-refractivity contribution is -0.121. The van der Waals surface area contributed by atoms with Crippen molar-refractivity contribution in [1.82, 2.24) is 10.6 Å². The molecule has 1 amide bonds. The molecule has 0 radical (unpaired) electrons. The summed E-state index contributed by atoms with van der Waals surface area (Å²) in [6.07, 6.45) is 9.04. The summed E-state index contributed by atoms with van der Waals surface area (Å²) in [6.45, 7) is 3.79. The summed E-state index contributed by atoms with van der Waals surface area (Å²) in [5, 5.41) is 6.46. The van der Waals surface area contributed by atoms with Gasteiger partial charge in [0.05, 0.1) is 6.54 Å². The number of hydrogen-bond acceptors (Lipinski definition) is 2. The molecule has 98 valence electrons. The summed E-state index contributed by atoms with van der Waals surface area (Å²) in [6, 6.07) is 0.410. The molecule has 2 fully saturated rings. The van der Waals surface area contributed by atoms with Crippen LogP contribution in [0.5, 0.6) is 0 Å². The van der Waals surface area contributed by atoms with E-state index in [4.69, 9.17) is 0 Å². The van der Waals surface area contributed by atoms with E-state index in [0.29, 0.717) is 18.5 Å². The van der Waals surface area contributed by atoms with Gasteiger partial charge in [0.2, 0.25) is 5.91 Å². The van der Waals surface area contributed by atoms with E-state index in [2.05, 4.69) is 17.6 Å². The molecule has 3 nitrogen and oxygen atoms in total. The highest BCUT2D eigenvalue weighted by Gasteiger charge is 2.23. The molecule has 0 bridgehead atoms. The fraction of sp³-hybridized carbons (Fsp3) is 0.929. The van der Waals surface area contributed by atoms with E-state index in [9.17, 15) is 4.79 Å². The van der Waals surface area contributed by atoms with Crippen LogP contribution < -0.4 is 10.6 Å². The van der Waals surface area contributed by atoms with Crippen molar-refractivity contribution in [1.29, 1.82) is 0 Å². The number of hydrogen-bond donors (Lipinski definition) is 2. The normalized spacial score (nSPS) is 29.7. The van der Waals surface area contributed by atoms with Crippen LogP contribution in [0.4, 0.5) is 0 Å². The molecule has 0 saturated heterocycles. The van der Waals surface area contributed by atoms with Crippen molar-refractivity contribution in [2.24, 2.45) is 11.8 Å². The Hall–Kier alpha value is -0.570. The Morgan fingerprint density at radius 3 is 2.65 bits per heavy atom. The maximum Gasteiger partial charge on any atom is 0.234 e. The van der Waals surface area contributed by atoms with Gasteiger partial charge in [-0.05, 0) is 44.1 Å². The molecular formula is C14H26N2O. The maximum absolute atomic E-state index is 11.8. The molecule has 0 heterocycles. The highest BCUT2D eigenvalue weighted by Crippen LogP contribution is 2.27. The van der Waals surface area contributed by atoms with Gasteiger partial charge in [0.1, 0.15) is 0 Å². The maximum atomic E-state index is 11.8. The van der Waals surface area contributed by atoms with Crippen LogP contribution in [0.3, 0.4) is 0 Å². The minimum absolute atomic E-state index is 0.185. The summed E-state index contributed by atoms with van der Waals surface area (Å²) >= 11 is 0.